The zero-order chi connectivity index (χ0) is 10.4. The average molecular weight is 208 g/mol. The van der Waals surface area contributed by atoms with Crippen LogP contribution in [-0.2, 0) is 4.74 Å². The first-order valence-electron chi connectivity index (χ1n) is 6.95. The molecule has 0 aromatic heterocycles. The lowest BCUT2D eigenvalue weighted by atomic mass is 9.80. The molecule has 1 nitrogen and oxygen atoms in total. The first kappa shape index (κ1) is 10.1. The van der Waals surface area contributed by atoms with Gasteiger partial charge in [0.15, 0.2) is 0 Å². The number of fused-ring (bicyclic) bond motifs is 5. The van der Waals surface area contributed by atoms with E-state index in [0.717, 1.165) is 23.7 Å². The molecule has 0 aromatic rings. The van der Waals surface area contributed by atoms with Crippen LogP contribution >= 0.6 is 0 Å². The molecule has 6 atom stereocenters. The number of ether oxygens (including phenoxy) is 1. The molecule has 86 valence electrons. The first-order valence-corrected chi connectivity index (χ1v) is 6.95. The van der Waals surface area contributed by atoms with Gasteiger partial charge in [-0.25, -0.2) is 0 Å². The van der Waals surface area contributed by atoms with Gasteiger partial charge in [0.1, 0.15) is 0 Å². The second-order valence-corrected chi connectivity index (χ2v) is 6.05. The molecule has 0 aliphatic heterocycles. The molecule has 5 unspecified atom stereocenters. The highest BCUT2D eigenvalue weighted by molar-refractivity contribution is 5.03. The summed E-state index contributed by atoms with van der Waals surface area (Å²) in [7, 11) is 0. The first-order chi connectivity index (χ1) is 7.29. The Morgan fingerprint density at radius 2 is 1.93 bits per heavy atom. The van der Waals surface area contributed by atoms with Crippen molar-refractivity contribution in [2.45, 2.75) is 64.6 Å². The van der Waals surface area contributed by atoms with E-state index in [-0.39, 0.29) is 0 Å². The normalized spacial score (nSPS) is 49.6. The van der Waals surface area contributed by atoms with E-state index in [9.17, 15) is 0 Å². The second-order valence-electron chi connectivity index (χ2n) is 6.05. The van der Waals surface area contributed by atoms with Gasteiger partial charge in [-0.15, -0.1) is 0 Å². The van der Waals surface area contributed by atoms with Gasteiger partial charge in [-0.3, -0.25) is 0 Å². The lowest BCUT2D eigenvalue weighted by Crippen LogP contribution is -2.32. The Morgan fingerprint density at radius 1 is 1.13 bits per heavy atom. The highest BCUT2D eigenvalue weighted by Gasteiger charge is 2.54. The van der Waals surface area contributed by atoms with Gasteiger partial charge < -0.3 is 4.74 Å². The van der Waals surface area contributed by atoms with Gasteiger partial charge in [-0.05, 0) is 62.7 Å². The standard InChI is InChI=1S/C14H24O/c1-3-9(2)15-14-8-10-7-13(14)12-6-4-5-11(10)12/h9-14H,3-8H2,1-2H3/t9-,10?,11?,12?,13?,14?/m0/s1. The second kappa shape index (κ2) is 3.76. The summed E-state index contributed by atoms with van der Waals surface area (Å²) in [5.74, 6) is 4.14. The quantitative estimate of drug-likeness (QED) is 0.688. The van der Waals surface area contributed by atoms with Crippen LogP contribution in [0.2, 0.25) is 0 Å². The minimum absolute atomic E-state index is 0.481. The van der Waals surface area contributed by atoms with Gasteiger partial charge in [-0.2, -0.15) is 0 Å². The molecular weight excluding hydrogens is 184 g/mol. The fourth-order valence-corrected chi connectivity index (χ4v) is 4.56. The Balaban J connectivity index is 1.65. The zero-order valence-electron chi connectivity index (χ0n) is 10.1. The average Bonchev–Trinajstić information content (AvgIpc) is 2.87. The molecule has 0 spiro atoms. The minimum Gasteiger partial charge on any atom is -0.375 e. The topological polar surface area (TPSA) is 9.23 Å². The SMILES string of the molecule is CC[C@H](C)OC1CC2CC1C1CCCC21. The maximum atomic E-state index is 6.20. The molecule has 0 N–H and O–H groups in total. The Bertz CT molecular complexity index is 237. The van der Waals surface area contributed by atoms with Crippen molar-refractivity contribution in [1.82, 2.24) is 0 Å². The largest absolute Gasteiger partial charge is 0.375 e. The summed E-state index contributed by atoms with van der Waals surface area (Å²) in [6.45, 7) is 4.47. The molecule has 0 amide bonds. The van der Waals surface area contributed by atoms with Crippen LogP contribution in [0.5, 0.6) is 0 Å². The summed E-state index contributed by atoms with van der Waals surface area (Å²) in [6, 6.07) is 0. The van der Waals surface area contributed by atoms with Crippen molar-refractivity contribution in [3.8, 4) is 0 Å². The molecule has 0 heterocycles. The summed E-state index contributed by atoms with van der Waals surface area (Å²) in [6.07, 6.45) is 9.69. The zero-order valence-corrected chi connectivity index (χ0v) is 10.1. The summed E-state index contributed by atoms with van der Waals surface area (Å²) >= 11 is 0. The van der Waals surface area contributed by atoms with Crippen LogP contribution in [0, 0.1) is 23.7 Å². The molecule has 3 fully saturated rings. The van der Waals surface area contributed by atoms with E-state index in [4.69, 9.17) is 4.74 Å². The maximum Gasteiger partial charge on any atom is 0.0612 e. The highest BCUT2D eigenvalue weighted by Crippen LogP contribution is 2.59. The van der Waals surface area contributed by atoms with Gasteiger partial charge in [0.2, 0.25) is 0 Å². The van der Waals surface area contributed by atoms with Crippen LogP contribution in [0.3, 0.4) is 0 Å². The van der Waals surface area contributed by atoms with E-state index >= 15 is 0 Å². The van der Waals surface area contributed by atoms with Gasteiger partial charge in [0.05, 0.1) is 12.2 Å². The van der Waals surface area contributed by atoms with E-state index in [1.165, 1.54) is 38.5 Å². The third-order valence-corrected chi connectivity index (χ3v) is 5.35. The smallest absolute Gasteiger partial charge is 0.0612 e. The van der Waals surface area contributed by atoms with Crippen molar-refractivity contribution >= 4 is 0 Å². The van der Waals surface area contributed by atoms with E-state index < -0.39 is 0 Å². The fraction of sp³-hybridized carbons (Fsp3) is 1.00. The Kier molecular flexibility index (Phi) is 2.54. The van der Waals surface area contributed by atoms with Crippen LogP contribution in [-0.4, -0.2) is 12.2 Å². The van der Waals surface area contributed by atoms with Gasteiger partial charge in [0.25, 0.3) is 0 Å². The molecular formula is C14H24O. The Labute approximate surface area is 93.6 Å². The predicted molar refractivity (Wildman–Crippen MR) is 61.7 cm³/mol. The van der Waals surface area contributed by atoms with E-state index in [0.29, 0.717) is 12.2 Å². The van der Waals surface area contributed by atoms with Crippen molar-refractivity contribution in [1.29, 1.82) is 0 Å². The maximum absolute atomic E-state index is 6.20. The molecule has 0 saturated heterocycles. The molecule has 3 saturated carbocycles. The Hall–Kier alpha value is -0.0400. The minimum atomic E-state index is 0.481. The lowest BCUT2D eigenvalue weighted by Gasteiger charge is -2.33. The van der Waals surface area contributed by atoms with Crippen molar-refractivity contribution in [3.63, 3.8) is 0 Å². The Morgan fingerprint density at radius 3 is 2.73 bits per heavy atom. The molecule has 0 radical (unpaired) electrons. The molecule has 3 aliphatic carbocycles. The summed E-state index contributed by atoms with van der Waals surface area (Å²) in [4.78, 5) is 0. The molecule has 3 aliphatic rings. The lowest BCUT2D eigenvalue weighted by molar-refractivity contribution is -0.0513. The number of hydrogen-bond acceptors (Lipinski definition) is 1. The molecule has 3 rings (SSSR count). The summed E-state index contributed by atoms with van der Waals surface area (Å²) < 4.78 is 6.20. The van der Waals surface area contributed by atoms with Crippen LogP contribution < -0.4 is 0 Å². The highest BCUT2D eigenvalue weighted by atomic mass is 16.5. The van der Waals surface area contributed by atoms with E-state index in [1.54, 1.807) is 0 Å². The van der Waals surface area contributed by atoms with Crippen LogP contribution in [0.25, 0.3) is 0 Å². The fourth-order valence-electron chi connectivity index (χ4n) is 4.56. The summed E-state index contributed by atoms with van der Waals surface area (Å²) in [5.41, 5.74) is 0. The van der Waals surface area contributed by atoms with Gasteiger partial charge in [-0.1, -0.05) is 13.3 Å². The van der Waals surface area contributed by atoms with Gasteiger partial charge in [0, 0.05) is 0 Å². The van der Waals surface area contributed by atoms with Crippen molar-refractivity contribution < 1.29 is 4.74 Å². The van der Waals surface area contributed by atoms with E-state index in [1.807, 2.05) is 0 Å². The monoisotopic (exact) mass is 208 g/mol. The molecule has 0 aromatic carbocycles. The summed E-state index contributed by atoms with van der Waals surface area (Å²) in [5, 5.41) is 0. The number of hydrogen-bond donors (Lipinski definition) is 0. The van der Waals surface area contributed by atoms with Crippen LogP contribution in [0.1, 0.15) is 52.4 Å². The van der Waals surface area contributed by atoms with Crippen LogP contribution in [0.4, 0.5) is 0 Å². The molecule has 1 heteroatoms. The third-order valence-electron chi connectivity index (χ3n) is 5.35. The number of rotatable bonds is 3. The van der Waals surface area contributed by atoms with Crippen molar-refractivity contribution in [2.75, 3.05) is 0 Å². The van der Waals surface area contributed by atoms with Crippen LogP contribution in [0.15, 0.2) is 0 Å². The van der Waals surface area contributed by atoms with Gasteiger partial charge >= 0.3 is 0 Å². The van der Waals surface area contributed by atoms with Crippen molar-refractivity contribution in [2.24, 2.45) is 23.7 Å². The third kappa shape index (κ3) is 1.54. The predicted octanol–water partition coefficient (Wildman–Crippen LogP) is 3.63. The van der Waals surface area contributed by atoms with E-state index in [2.05, 4.69) is 13.8 Å². The molecule has 2 bridgehead atoms. The molecule has 15 heavy (non-hydrogen) atoms. The van der Waals surface area contributed by atoms with Crippen molar-refractivity contribution in [3.05, 3.63) is 0 Å².